The summed E-state index contributed by atoms with van der Waals surface area (Å²) >= 11 is 7.62. The molecule has 0 heterocycles. The van der Waals surface area contributed by atoms with Crippen molar-refractivity contribution in [2.45, 2.75) is 38.1 Å². The standard InChI is InChI=1S/C29H33ClN2O3S/c1-3-17-31-29(34)27(18-22-7-5-4-6-8-22)32(19-23-9-13-25(30)14-10-23)28(33)21-36-20-24-11-15-26(35-2)16-12-24/h4-16,27H,3,17-21H2,1-2H3,(H,31,34)/t27-/m0/s1. The maximum Gasteiger partial charge on any atom is 0.243 e. The van der Waals surface area contributed by atoms with E-state index in [1.165, 1.54) is 11.8 Å². The van der Waals surface area contributed by atoms with Gasteiger partial charge in [0.05, 0.1) is 12.9 Å². The van der Waals surface area contributed by atoms with Gasteiger partial charge >= 0.3 is 0 Å². The molecule has 0 aliphatic heterocycles. The Kier molecular flexibility index (Phi) is 11.2. The lowest BCUT2D eigenvalue weighted by atomic mass is 10.0. The first-order chi connectivity index (χ1) is 17.5. The van der Waals surface area contributed by atoms with E-state index in [9.17, 15) is 9.59 Å². The number of benzene rings is 3. The van der Waals surface area contributed by atoms with Gasteiger partial charge in [-0.3, -0.25) is 9.59 Å². The van der Waals surface area contributed by atoms with Gasteiger partial charge in [0, 0.05) is 30.3 Å². The lowest BCUT2D eigenvalue weighted by Gasteiger charge is -2.31. The number of ether oxygens (including phenoxy) is 1. The fourth-order valence-corrected chi connectivity index (χ4v) is 4.76. The molecule has 1 N–H and O–H groups in total. The van der Waals surface area contributed by atoms with Gasteiger partial charge in [0.15, 0.2) is 0 Å². The summed E-state index contributed by atoms with van der Waals surface area (Å²) < 4.78 is 5.22. The van der Waals surface area contributed by atoms with Crippen molar-refractivity contribution >= 4 is 35.2 Å². The van der Waals surface area contributed by atoms with Crippen LogP contribution in [0.1, 0.15) is 30.0 Å². The summed E-state index contributed by atoms with van der Waals surface area (Å²) in [4.78, 5) is 28.6. The second-order valence-electron chi connectivity index (χ2n) is 8.49. The fourth-order valence-electron chi connectivity index (χ4n) is 3.77. The molecule has 0 aromatic heterocycles. The number of rotatable bonds is 13. The highest BCUT2D eigenvalue weighted by Crippen LogP contribution is 2.20. The second-order valence-corrected chi connectivity index (χ2v) is 9.91. The van der Waals surface area contributed by atoms with Gasteiger partial charge in [-0.2, -0.15) is 0 Å². The Balaban J connectivity index is 1.80. The summed E-state index contributed by atoms with van der Waals surface area (Å²) in [5.74, 6) is 1.55. The molecule has 0 spiro atoms. The third-order valence-electron chi connectivity index (χ3n) is 5.74. The minimum absolute atomic E-state index is 0.0731. The maximum atomic E-state index is 13.6. The van der Waals surface area contributed by atoms with Crippen LogP contribution in [-0.4, -0.2) is 42.2 Å². The smallest absolute Gasteiger partial charge is 0.243 e. The molecule has 1 atom stereocenters. The van der Waals surface area contributed by atoms with Crippen molar-refractivity contribution in [3.05, 3.63) is 101 Å². The average Bonchev–Trinajstić information content (AvgIpc) is 2.91. The molecule has 7 heteroatoms. The van der Waals surface area contributed by atoms with Gasteiger partial charge in [-0.25, -0.2) is 0 Å². The second kappa shape index (κ2) is 14.6. The number of nitrogens with zero attached hydrogens (tertiary/aromatic N) is 1. The van der Waals surface area contributed by atoms with Crippen molar-refractivity contribution in [1.29, 1.82) is 0 Å². The van der Waals surface area contributed by atoms with Crippen LogP contribution in [0.2, 0.25) is 5.02 Å². The molecule has 190 valence electrons. The van der Waals surface area contributed by atoms with E-state index >= 15 is 0 Å². The molecule has 0 bridgehead atoms. The van der Waals surface area contributed by atoms with Gasteiger partial charge in [-0.1, -0.05) is 73.1 Å². The molecule has 3 aromatic carbocycles. The molecule has 3 aromatic rings. The van der Waals surface area contributed by atoms with Gasteiger partial charge in [0.2, 0.25) is 11.8 Å². The zero-order valence-electron chi connectivity index (χ0n) is 20.8. The van der Waals surface area contributed by atoms with E-state index < -0.39 is 6.04 Å². The van der Waals surface area contributed by atoms with Crippen molar-refractivity contribution in [3.8, 4) is 5.75 Å². The van der Waals surface area contributed by atoms with Gasteiger partial charge in [0.25, 0.3) is 0 Å². The van der Waals surface area contributed by atoms with Gasteiger partial charge in [-0.05, 0) is 47.4 Å². The molecule has 5 nitrogen and oxygen atoms in total. The summed E-state index contributed by atoms with van der Waals surface area (Å²) in [6.45, 7) is 2.91. The number of hydrogen-bond donors (Lipinski definition) is 1. The van der Waals surface area contributed by atoms with E-state index in [2.05, 4.69) is 5.32 Å². The van der Waals surface area contributed by atoms with Crippen molar-refractivity contribution in [1.82, 2.24) is 10.2 Å². The monoisotopic (exact) mass is 524 g/mol. The number of thioether (sulfide) groups is 1. The summed E-state index contributed by atoms with van der Waals surface area (Å²) in [5, 5.41) is 3.64. The van der Waals surface area contributed by atoms with E-state index in [0.29, 0.717) is 30.3 Å². The molecule has 36 heavy (non-hydrogen) atoms. The highest BCUT2D eigenvalue weighted by atomic mass is 35.5. The van der Waals surface area contributed by atoms with Crippen LogP contribution in [0.15, 0.2) is 78.9 Å². The Labute approximate surface area is 223 Å². The van der Waals surface area contributed by atoms with E-state index in [1.54, 1.807) is 24.1 Å². The van der Waals surface area contributed by atoms with Crippen molar-refractivity contribution < 1.29 is 14.3 Å². The number of halogens is 1. The molecule has 3 rings (SSSR count). The predicted octanol–water partition coefficient (Wildman–Crippen LogP) is 5.75. The zero-order chi connectivity index (χ0) is 25.8. The van der Waals surface area contributed by atoms with Crippen molar-refractivity contribution in [2.75, 3.05) is 19.4 Å². The first-order valence-electron chi connectivity index (χ1n) is 12.1. The van der Waals surface area contributed by atoms with Crippen molar-refractivity contribution in [2.24, 2.45) is 0 Å². The first-order valence-corrected chi connectivity index (χ1v) is 13.6. The molecule has 0 unspecified atom stereocenters. The number of amides is 2. The molecule has 2 amide bonds. The molecular weight excluding hydrogens is 492 g/mol. The fraction of sp³-hybridized carbons (Fsp3) is 0.310. The molecule has 0 saturated carbocycles. The average molecular weight is 525 g/mol. The largest absolute Gasteiger partial charge is 0.497 e. The lowest BCUT2D eigenvalue weighted by molar-refractivity contribution is -0.139. The third kappa shape index (κ3) is 8.61. The van der Waals surface area contributed by atoms with Crippen LogP contribution in [0.25, 0.3) is 0 Å². The van der Waals surface area contributed by atoms with E-state index in [0.717, 1.165) is 28.9 Å². The zero-order valence-corrected chi connectivity index (χ0v) is 22.4. The van der Waals surface area contributed by atoms with Crippen LogP contribution >= 0.6 is 23.4 Å². The first kappa shape index (κ1) is 27.6. The van der Waals surface area contributed by atoms with Gasteiger partial charge < -0.3 is 15.0 Å². The van der Waals surface area contributed by atoms with Crippen molar-refractivity contribution in [3.63, 3.8) is 0 Å². The minimum atomic E-state index is -0.622. The van der Waals surface area contributed by atoms with Crippen LogP contribution < -0.4 is 10.1 Å². The Bertz CT molecular complexity index is 1090. The summed E-state index contributed by atoms with van der Waals surface area (Å²) in [5.41, 5.74) is 3.04. The number of carbonyl (C=O) groups excluding carboxylic acids is 2. The molecule has 0 aliphatic carbocycles. The van der Waals surface area contributed by atoms with Gasteiger partial charge in [-0.15, -0.1) is 11.8 Å². The molecular formula is C29H33ClN2O3S. The highest BCUT2D eigenvalue weighted by molar-refractivity contribution is 7.99. The lowest BCUT2D eigenvalue weighted by Crippen LogP contribution is -2.51. The highest BCUT2D eigenvalue weighted by Gasteiger charge is 2.30. The van der Waals surface area contributed by atoms with Crippen LogP contribution in [0, 0.1) is 0 Å². The molecule has 0 fully saturated rings. The Morgan fingerprint density at radius 1 is 0.944 bits per heavy atom. The Hall–Kier alpha value is -2.96. The predicted molar refractivity (Wildman–Crippen MR) is 148 cm³/mol. The number of carbonyl (C=O) groups is 2. The Morgan fingerprint density at radius 2 is 1.61 bits per heavy atom. The third-order valence-corrected chi connectivity index (χ3v) is 6.98. The van der Waals surface area contributed by atoms with Crippen LogP contribution in [0.5, 0.6) is 5.75 Å². The SMILES string of the molecule is CCCNC(=O)[C@H](Cc1ccccc1)N(Cc1ccc(Cl)cc1)C(=O)CSCc1ccc(OC)cc1. The Morgan fingerprint density at radius 3 is 2.25 bits per heavy atom. The van der Waals surface area contributed by atoms with E-state index in [-0.39, 0.29) is 17.6 Å². The summed E-state index contributed by atoms with van der Waals surface area (Å²) in [6.07, 6.45) is 1.27. The van der Waals surface area contributed by atoms with Crippen LogP contribution in [0.4, 0.5) is 0 Å². The number of methoxy groups -OCH3 is 1. The maximum absolute atomic E-state index is 13.6. The normalized spacial score (nSPS) is 11.5. The van der Waals surface area contributed by atoms with Gasteiger partial charge in [0.1, 0.15) is 11.8 Å². The molecule has 0 saturated heterocycles. The number of nitrogens with one attached hydrogen (secondary N) is 1. The van der Waals surface area contributed by atoms with Crippen LogP contribution in [0.3, 0.4) is 0 Å². The summed E-state index contributed by atoms with van der Waals surface area (Å²) in [6, 6.07) is 24.4. The molecule has 0 radical (unpaired) electrons. The topological polar surface area (TPSA) is 58.6 Å². The summed E-state index contributed by atoms with van der Waals surface area (Å²) in [7, 11) is 1.64. The van der Waals surface area contributed by atoms with Crippen LogP contribution in [-0.2, 0) is 28.3 Å². The van der Waals surface area contributed by atoms with E-state index in [4.69, 9.17) is 16.3 Å². The van der Waals surface area contributed by atoms with E-state index in [1.807, 2.05) is 73.7 Å². The number of hydrogen-bond acceptors (Lipinski definition) is 4. The minimum Gasteiger partial charge on any atom is -0.497 e. The molecule has 0 aliphatic rings. The quantitative estimate of drug-likeness (QED) is 0.309.